The molecule has 10 heteroatoms. The predicted octanol–water partition coefficient (Wildman–Crippen LogP) is 5.61. The number of rotatable bonds is 14. The summed E-state index contributed by atoms with van der Waals surface area (Å²) in [6.07, 6.45) is 1.47. The largest absolute Gasteiger partial charge is 0.488 e. The third kappa shape index (κ3) is 10.2. The van der Waals surface area contributed by atoms with Crippen molar-refractivity contribution in [3.63, 3.8) is 0 Å². The van der Waals surface area contributed by atoms with E-state index < -0.39 is 24.1 Å². The first-order valence-corrected chi connectivity index (χ1v) is 14.5. The predicted molar refractivity (Wildman–Crippen MR) is 165 cm³/mol. The van der Waals surface area contributed by atoms with E-state index in [1.54, 1.807) is 31.2 Å². The molecule has 41 heavy (non-hydrogen) atoms. The lowest BCUT2D eigenvalue weighted by atomic mass is 10.1. The Balaban J connectivity index is 1.52. The molecule has 0 aliphatic carbocycles. The Morgan fingerprint density at radius 3 is 2.22 bits per heavy atom. The topological polar surface area (TPSA) is 123 Å². The molecule has 3 rings (SSSR count). The highest BCUT2D eigenvalue weighted by Gasteiger charge is 2.26. The van der Waals surface area contributed by atoms with E-state index in [1.165, 1.54) is 0 Å². The summed E-state index contributed by atoms with van der Waals surface area (Å²) in [6, 6.07) is 20.1. The van der Waals surface area contributed by atoms with Crippen LogP contribution in [0, 0.1) is 3.57 Å². The van der Waals surface area contributed by atoms with Gasteiger partial charge in [0.05, 0.1) is 5.56 Å². The van der Waals surface area contributed by atoms with Gasteiger partial charge in [0.2, 0.25) is 11.8 Å². The summed E-state index contributed by atoms with van der Waals surface area (Å²) in [5.74, 6) is -0.323. The second-order valence-electron chi connectivity index (χ2n) is 9.29. The normalized spacial score (nSPS) is 12.0. The number of anilines is 1. The lowest BCUT2D eigenvalue weighted by Crippen LogP contribution is -2.52. The average Bonchev–Trinajstić information content (AvgIpc) is 2.99. The number of halogens is 1. The molecule has 0 fully saturated rings. The Morgan fingerprint density at radius 2 is 1.56 bits per heavy atom. The van der Waals surface area contributed by atoms with E-state index in [0.29, 0.717) is 36.3 Å². The van der Waals surface area contributed by atoms with Crippen molar-refractivity contribution in [1.29, 1.82) is 0 Å². The van der Waals surface area contributed by atoms with Crippen molar-refractivity contribution in [2.24, 2.45) is 0 Å². The molecular formula is C31H34IN3O6. The Kier molecular flexibility index (Phi) is 12.6. The van der Waals surface area contributed by atoms with Crippen molar-refractivity contribution in [1.82, 2.24) is 10.6 Å². The van der Waals surface area contributed by atoms with Gasteiger partial charge >= 0.3 is 6.09 Å². The first-order chi connectivity index (χ1) is 19.8. The van der Waals surface area contributed by atoms with Crippen molar-refractivity contribution >= 4 is 52.5 Å². The highest BCUT2D eigenvalue weighted by atomic mass is 127. The molecule has 3 amide bonds. The lowest BCUT2D eigenvalue weighted by molar-refractivity contribution is -0.128. The number of carbonyl (C=O) groups is 4. The van der Waals surface area contributed by atoms with Crippen LogP contribution in [0.1, 0.15) is 54.6 Å². The number of hydrogen-bond acceptors (Lipinski definition) is 6. The van der Waals surface area contributed by atoms with Gasteiger partial charge in [0, 0.05) is 9.26 Å². The molecule has 1 unspecified atom stereocenters. The van der Waals surface area contributed by atoms with Gasteiger partial charge in [-0.25, -0.2) is 4.79 Å². The molecule has 0 aliphatic heterocycles. The maximum atomic E-state index is 13.0. The summed E-state index contributed by atoms with van der Waals surface area (Å²) in [5, 5.41) is 8.18. The summed E-state index contributed by atoms with van der Waals surface area (Å²) in [7, 11) is 0. The van der Waals surface area contributed by atoms with E-state index in [2.05, 4.69) is 38.5 Å². The fourth-order valence-electron chi connectivity index (χ4n) is 3.91. The molecule has 0 saturated carbocycles. The van der Waals surface area contributed by atoms with Crippen molar-refractivity contribution in [3.05, 3.63) is 93.1 Å². The third-order valence-electron chi connectivity index (χ3n) is 6.15. The van der Waals surface area contributed by atoms with Crippen LogP contribution in [-0.2, 0) is 27.5 Å². The maximum Gasteiger partial charge on any atom is 0.408 e. The summed E-state index contributed by atoms with van der Waals surface area (Å²) >= 11 is 2.13. The van der Waals surface area contributed by atoms with Gasteiger partial charge in [-0.2, -0.15) is 0 Å². The summed E-state index contributed by atoms with van der Waals surface area (Å²) in [4.78, 5) is 49.5. The summed E-state index contributed by atoms with van der Waals surface area (Å²) in [6.45, 7) is 4.02. The molecule has 0 saturated heterocycles. The van der Waals surface area contributed by atoms with Gasteiger partial charge in [-0.1, -0.05) is 62.7 Å². The van der Waals surface area contributed by atoms with E-state index >= 15 is 0 Å². The molecule has 0 radical (unpaired) electrons. The van der Waals surface area contributed by atoms with Crippen LogP contribution in [0.25, 0.3) is 0 Å². The molecule has 3 N–H and O–H groups in total. The molecule has 2 atom stereocenters. The Labute approximate surface area is 253 Å². The molecule has 3 aromatic rings. The number of aldehydes is 1. The highest BCUT2D eigenvalue weighted by Crippen LogP contribution is 2.21. The number of nitrogens with one attached hydrogen (secondary N) is 3. The zero-order valence-electron chi connectivity index (χ0n) is 23.0. The Hall–Kier alpha value is -3.93. The van der Waals surface area contributed by atoms with Crippen molar-refractivity contribution in [2.75, 3.05) is 5.32 Å². The van der Waals surface area contributed by atoms with Crippen LogP contribution in [0.2, 0.25) is 0 Å². The fraction of sp³-hybridized carbons (Fsp3) is 0.290. The summed E-state index contributed by atoms with van der Waals surface area (Å²) in [5.41, 5.74) is 2.73. The van der Waals surface area contributed by atoms with Gasteiger partial charge in [-0.3, -0.25) is 14.4 Å². The van der Waals surface area contributed by atoms with Gasteiger partial charge in [0.1, 0.15) is 31.0 Å². The standard InChI is InChI=1S/C31H34IN3O6/c1-3-8-27(34-29(37)26(4-2)35-31(39)41-20-21-9-6-5-7-10-21)30(38)33-25-14-11-22(12-15-25)19-40-28-16-13-24(32)17-23(28)18-36/h5-7,9-18,26-27H,3-4,8,19-20H2,1-2H3,(H,33,38)(H,34,37)(H,35,39)/t26?,27-/m0/s1. The van der Waals surface area contributed by atoms with Gasteiger partial charge in [0.15, 0.2) is 6.29 Å². The molecule has 9 nitrogen and oxygen atoms in total. The average molecular weight is 672 g/mol. The van der Waals surface area contributed by atoms with Crippen LogP contribution < -0.4 is 20.7 Å². The smallest absolute Gasteiger partial charge is 0.408 e. The van der Waals surface area contributed by atoms with Crippen LogP contribution >= 0.6 is 22.6 Å². The number of hydrogen-bond donors (Lipinski definition) is 3. The quantitative estimate of drug-likeness (QED) is 0.151. The fourth-order valence-corrected chi connectivity index (χ4v) is 4.42. The summed E-state index contributed by atoms with van der Waals surface area (Å²) < 4.78 is 12.0. The first kappa shape index (κ1) is 31.6. The Bertz CT molecular complexity index is 1320. The van der Waals surface area contributed by atoms with Crippen molar-refractivity contribution in [2.45, 2.75) is 58.4 Å². The molecule has 216 valence electrons. The van der Waals surface area contributed by atoms with E-state index in [9.17, 15) is 19.2 Å². The number of alkyl carbamates (subject to hydrolysis) is 1. The molecule has 3 aromatic carbocycles. The van der Waals surface area contributed by atoms with Gasteiger partial charge in [0.25, 0.3) is 0 Å². The van der Waals surface area contributed by atoms with E-state index in [-0.39, 0.29) is 19.1 Å². The van der Waals surface area contributed by atoms with Gasteiger partial charge in [-0.05, 0) is 76.9 Å². The first-order valence-electron chi connectivity index (χ1n) is 13.4. The minimum atomic E-state index is -0.850. The molecule has 0 aliphatic rings. The Morgan fingerprint density at radius 1 is 0.854 bits per heavy atom. The molecule has 0 heterocycles. The minimum Gasteiger partial charge on any atom is -0.488 e. The zero-order chi connectivity index (χ0) is 29.6. The maximum absolute atomic E-state index is 13.0. The number of benzene rings is 3. The van der Waals surface area contributed by atoms with Gasteiger partial charge < -0.3 is 25.4 Å². The number of ether oxygens (including phenoxy) is 2. The van der Waals surface area contributed by atoms with Crippen LogP contribution in [0.5, 0.6) is 5.75 Å². The second kappa shape index (κ2) is 16.4. The molecule has 0 spiro atoms. The molecule has 0 aromatic heterocycles. The van der Waals surface area contributed by atoms with Crippen LogP contribution in [-0.4, -0.2) is 36.3 Å². The van der Waals surface area contributed by atoms with Crippen molar-refractivity contribution in [3.8, 4) is 5.75 Å². The third-order valence-corrected chi connectivity index (χ3v) is 6.83. The van der Waals surface area contributed by atoms with E-state index in [1.807, 2.05) is 55.5 Å². The molecular weight excluding hydrogens is 637 g/mol. The van der Waals surface area contributed by atoms with E-state index in [0.717, 1.165) is 21.0 Å². The lowest BCUT2D eigenvalue weighted by Gasteiger charge is -2.22. The zero-order valence-corrected chi connectivity index (χ0v) is 25.2. The second-order valence-corrected chi connectivity index (χ2v) is 10.5. The highest BCUT2D eigenvalue weighted by molar-refractivity contribution is 14.1. The van der Waals surface area contributed by atoms with Crippen molar-refractivity contribution < 1.29 is 28.7 Å². The monoisotopic (exact) mass is 671 g/mol. The van der Waals surface area contributed by atoms with Gasteiger partial charge in [-0.15, -0.1) is 0 Å². The minimum absolute atomic E-state index is 0.0853. The van der Waals surface area contributed by atoms with Crippen LogP contribution in [0.4, 0.5) is 10.5 Å². The number of amides is 3. The number of carbonyl (C=O) groups excluding carboxylic acids is 4. The van der Waals surface area contributed by atoms with E-state index in [4.69, 9.17) is 9.47 Å². The molecule has 0 bridgehead atoms. The SMILES string of the molecule is CCC[C@H](NC(=O)C(CC)NC(=O)OCc1ccccc1)C(=O)Nc1ccc(COc2ccc(I)cc2C=O)cc1. The van der Waals surface area contributed by atoms with Crippen LogP contribution in [0.3, 0.4) is 0 Å². The van der Waals surface area contributed by atoms with Crippen LogP contribution in [0.15, 0.2) is 72.8 Å².